The Kier molecular flexibility index (Phi) is 9.11. The van der Waals surface area contributed by atoms with Crippen LogP contribution in [0.4, 0.5) is 11.4 Å². The minimum Gasteiger partial charge on any atom is -0.469 e. The van der Waals surface area contributed by atoms with E-state index in [4.69, 9.17) is 9.47 Å². The molecule has 3 rings (SSSR count). The van der Waals surface area contributed by atoms with E-state index < -0.39 is 23.9 Å². The maximum atomic E-state index is 12.8. The predicted octanol–water partition coefficient (Wildman–Crippen LogP) is 2.99. The van der Waals surface area contributed by atoms with Gasteiger partial charge in [0.15, 0.2) is 0 Å². The summed E-state index contributed by atoms with van der Waals surface area (Å²) in [6, 6.07) is 13.3. The van der Waals surface area contributed by atoms with Gasteiger partial charge >= 0.3 is 11.9 Å². The van der Waals surface area contributed by atoms with Crippen LogP contribution in [0.15, 0.2) is 59.8 Å². The highest BCUT2D eigenvalue weighted by Gasteiger charge is 2.38. The molecule has 0 bridgehead atoms. The molecule has 0 heterocycles. The lowest BCUT2D eigenvalue weighted by molar-refractivity contribution is -0.146. The van der Waals surface area contributed by atoms with Crippen molar-refractivity contribution in [2.24, 2.45) is 5.92 Å². The number of nitrogens with zero attached hydrogens (tertiary/aromatic N) is 2. The van der Waals surface area contributed by atoms with Crippen LogP contribution in [0.25, 0.3) is 0 Å². The quantitative estimate of drug-likeness (QED) is 0.508. The number of amides is 2. The first-order valence-electron chi connectivity index (χ1n) is 12.1. The van der Waals surface area contributed by atoms with E-state index in [0.717, 1.165) is 0 Å². The number of anilines is 2. The fourth-order valence-electron chi connectivity index (χ4n) is 4.29. The SMILES string of the molecule is COC(=O)C1=C(Nc2ccc(C(=O)N(C)C)cc2)CC(C(=O)OC)C(Nc2ccc(C(=O)N(C)C)cc2)C1. The summed E-state index contributed by atoms with van der Waals surface area (Å²) in [5.74, 6) is -1.77. The molecule has 202 valence electrons. The second-order valence-corrected chi connectivity index (χ2v) is 9.42. The Morgan fingerprint density at radius 3 is 1.68 bits per heavy atom. The maximum Gasteiger partial charge on any atom is 0.335 e. The van der Waals surface area contributed by atoms with Gasteiger partial charge in [-0.05, 0) is 48.5 Å². The van der Waals surface area contributed by atoms with Gasteiger partial charge in [0.05, 0.1) is 25.7 Å². The lowest BCUT2D eigenvalue weighted by atomic mass is 9.82. The Morgan fingerprint density at radius 2 is 1.24 bits per heavy atom. The summed E-state index contributed by atoms with van der Waals surface area (Å²) >= 11 is 0. The van der Waals surface area contributed by atoms with Gasteiger partial charge in [-0.3, -0.25) is 14.4 Å². The number of hydrogen-bond donors (Lipinski definition) is 2. The van der Waals surface area contributed by atoms with E-state index in [1.54, 1.807) is 76.7 Å². The first kappa shape index (κ1) is 28.2. The molecule has 10 nitrogen and oxygen atoms in total. The molecule has 2 N–H and O–H groups in total. The highest BCUT2D eigenvalue weighted by molar-refractivity contribution is 5.95. The van der Waals surface area contributed by atoms with Gasteiger partial charge in [0.2, 0.25) is 0 Å². The lowest BCUT2D eigenvalue weighted by Gasteiger charge is -2.34. The first-order chi connectivity index (χ1) is 18.0. The van der Waals surface area contributed by atoms with Gasteiger partial charge < -0.3 is 29.9 Å². The molecule has 38 heavy (non-hydrogen) atoms. The Labute approximate surface area is 222 Å². The summed E-state index contributed by atoms with van der Waals surface area (Å²) in [6.07, 6.45) is 0.398. The minimum atomic E-state index is -0.603. The van der Waals surface area contributed by atoms with E-state index in [1.807, 2.05) is 0 Å². The Hall–Kier alpha value is -4.34. The molecule has 2 atom stereocenters. The highest BCUT2D eigenvalue weighted by Crippen LogP contribution is 2.34. The summed E-state index contributed by atoms with van der Waals surface area (Å²) in [6.45, 7) is 0. The third-order valence-electron chi connectivity index (χ3n) is 6.36. The number of nitrogens with one attached hydrogen (secondary N) is 2. The van der Waals surface area contributed by atoms with Gasteiger partial charge in [-0.2, -0.15) is 0 Å². The van der Waals surface area contributed by atoms with Crippen molar-refractivity contribution in [3.8, 4) is 0 Å². The van der Waals surface area contributed by atoms with Gasteiger partial charge in [0.25, 0.3) is 11.8 Å². The molecular weight excluding hydrogens is 488 g/mol. The van der Waals surface area contributed by atoms with E-state index >= 15 is 0 Å². The molecule has 1 aliphatic carbocycles. The van der Waals surface area contributed by atoms with Crippen molar-refractivity contribution in [2.45, 2.75) is 18.9 Å². The third kappa shape index (κ3) is 6.50. The van der Waals surface area contributed by atoms with Crippen LogP contribution in [0.2, 0.25) is 0 Å². The van der Waals surface area contributed by atoms with Crippen molar-refractivity contribution in [1.82, 2.24) is 9.80 Å². The second kappa shape index (κ2) is 12.3. The fraction of sp³-hybridized carbons (Fsp3) is 0.357. The largest absolute Gasteiger partial charge is 0.469 e. The number of allylic oxidation sites excluding steroid dienone is 1. The van der Waals surface area contributed by atoms with Gasteiger partial charge in [-0.1, -0.05) is 0 Å². The van der Waals surface area contributed by atoms with E-state index in [2.05, 4.69) is 10.6 Å². The third-order valence-corrected chi connectivity index (χ3v) is 6.36. The van der Waals surface area contributed by atoms with Gasteiger partial charge in [0.1, 0.15) is 0 Å². The Morgan fingerprint density at radius 1 is 0.737 bits per heavy atom. The topological polar surface area (TPSA) is 117 Å². The van der Waals surface area contributed by atoms with Crippen molar-refractivity contribution >= 4 is 35.1 Å². The monoisotopic (exact) mass is 522 g/mol. The lowest BCUT2D eigenvalue weighted by Crippen LogP contribution is -2.41. The van der Waals surface area contributed by atoms with E-state index in [-0.39, 0.29) is 24.7 Å². The summed E-state index contributed by atoms with van der Waals surface area (Å²) in [7, 11) is 9.36. The summed E-state index contributed by atoms with van der Waals surface area (Å²) in [5, 5.41) is 6.57. The fourth-order valence-corrected chi connectivity index (χ4v) is 4.29. The van der Waals surface area contributed by atoms with E-state index in [0.29, 0.717) is 33.8 Å². The summed E-state index contributed by atoms with van der Waals surface area (Å²) < 4.78 is 10.1. The van der Waals surface area contributed by atoms with E-state index in [9.17, 15) is 19.2 Å². The zero-order chi connectivity index (χ0) is 28.0. The normalized spacial score (nSPS) is 16.8. The highest BCUT2D eigenvalue weighted by atomic mass is 16.5. The van der Waals surface area contributed by atoms with Crippen LogP contribution >= 0.6 is 0 Å². The Balaban J connectivity index is 1.89. The zero-order valence-corrected chi connectivity index (χ0v) is 22.5. The molecule has 0 radical (unpaired) electrons. The predicted molar refractivity (Wildman–Crippen MR) is 144 cm³/mol. The number of rotatable bonds is 8. The smallest absolute Gasteiger partial charge is 0.335 e. The number of ether oxygens (including phenoxy) is 2. The number of hydrogen-bond acceptors (Lipinski definition) is 8. The second-order valence-electron chi connectivity index (χ2n) is 9.42. The minimum absolute atomic E-state index is 0.118. The van der Waals surface area contributed by atoms with Crippen LogP contribution in [0, 0.1) is 5.92 Å². The molecule has 1 aliphatic rings. The number of methoxy groups -OCH3 is 2. The molecule has 2 aromatic rings. The number of benzene rings is 2. The molecule has 2 unspecified atom stereocenters. The molecule has 0 aliphatic heterocycles. The molecule has 2 amide bonds. The van der Waals surface area contributed by atoms with Crippen molar-refractivity contribution in [2.75, 3.05) is 53.0 Å². The van der Waals surface area contributed by atoms with Gasteiger partial charge in [-0.25, -0.2) is 4.79 Å². The molecular formula is C28H34N4O6. The zero-order valence-electron chi connectivity index (χ0n) is 22.5. The summed E-state index contributed by atoms with van der Waals surface area (Å²) in [5.41, 5.74) is 3.37. The summed E-state index contributed by atoms with van der Waals surface area (Å²) in [4.78, 5) is 52.9. The number of carbonyl (C=O) groups is 4. The molecule has 10 heteroatoms. The van der Waals surface area contributed by atoms with Crippen LogP contribution in [0.5, 0.6) is 0 Å². The molecule has 0 fully saturated rings. The van der Waals surface area contributed by atoms with Crippen molar-refractivity contribution < 1.29 is 28.7 Å². The maximum absolute atomic E-state index is 12.8. The molecule has 0 spiro atoms. The van der Waals surface area contributed by atoms with Crippen LogP contribution in [0.3, 0.4) is 0 Å². The Bertz CT molecular complexity index is 1220. The van der Waals surface area contributed by atoms with Crippen LogP contribution in [-0.2, 0) is 19.1 Å². The van der Waals surface area contributed by atoms with Crippen molar-refractivity contribution in [3.63, 3.8) is 0 Å². The first-order valence-corrected chi connectivity index (χ1v) is 12.1. The van der Waals surface area contributed by atoms with Crippen LogP contribution in [-0.4, -0.2) is 82.0 Å². The van der Waals surface area contributed by atoms with Gasteiger partial charge in [0, 0.05) is 75.3 Å². The average molecular weight is 523 g/mol. The van der Waals surface area contributed by atoms with Crippen molar-refractivity contribution in [1.29, 1.82) is 0 Å². The van der Waals surface area contributed by atoms with Gasteiger partial charge in [-0.15, -0.1) is 0 Å². The van der Waals surface area contributed by atoms with Crippen LogP contribution in [0.1, 0.15) is 33.6 Å². The van der Waals surface area contributed by atoms with Crippen molar-refractivity contribution in [3.05, 3.63) is 70.9 Å². The number of carbonyl (C=O) groups excluding carboxylic acids is 4. The van der Waals surface area contributed by atoms with Crippen LogP contribution < -0.4 is 10.6 Å². The molecule has 0 saturated carbocycles. The number of esters is 2. The molecule has 0 aromatic heterocycles. The molecule has 2 aromatic carbocycles. The molecule has 0 saturated heterocycles. The van der Waals surface area contributed by atoms with E-state index in [1.165, 1.54) is 24.0 Å². The average Bonchev–Trinajstić information content (AvgIpc) is 2.92. The standard InChI is InChI=1S/C28H34N4O6/c1-31(2)25(33)17-7-11-19(12-8-17)29-23-15-22(28(36)38-6)24(16-21(23)27(35)37-5)30-20-13-9-18(10-14-20)26(34)32(3)4/h7-14,21,23,29-30H,15-16H2,1-6H3.